The third kappa shape index (κ3) is 2.97. The van der Waals surface area contributed by atoms with Crippen LogP contribution in [0.15, 0.2) is 22.7 Å². The smallest absolute Gasteiger partial charge is 0.293 e. The van der Waals surface area contributed by atoms with Gasteiger partial charge in [0, 0.05) is 23.6 Å². The van der Waals surface area contributed by atoms with Gasteiger partial charge in [0.2, 0.25) is 0 Å². The maximum Gasteiger partial charge on any atom is 0.293 e. The van der Waals surface area contributed by atoms with E-state index in [1.807, 2.05) is 12.1 Å². The number of halogens is 1. The van der Waals surface area contributed by atoms with Crippen molar-refractivity contribution in [1.82, 2.24) is 0 Å². The molecule has 1 aromatic carbocycles. The summed E-state index contributed by atoms with van der Waals surface area (Å²) >= 11 is 3.28. The Morgan fingerprint density at radius 3 is 2.41 bits per heavy atom. The summed E-state index contributed by atoms with van der Waals surface area (Å²) in [6.07, 6.45) is 4.68. The molecule has 2 rings (SSSR count). The van der Waals surface area contributed by atoms with Gasteiger partial charge in [-0.3, -0.25) is 10.1 Å². The van der Waals surface area contributed by atoms with Crippen molar-refractivity contribution < 1.29 is 4.92 Å². The summed E-state index contributed by atoms with van der Waals surface area (Å²) in [4.78, 5) is 12.9. The SMILES string of the molecule is O=[N+]([O-])c1cc(Br)ccc1N1CCCCCC1. The molecule has 5 heteroatoms. The Hall–Kier alpha value is -1.10. The van der Waals surface area contributed by atoms with Crippen LogP contribution in [0.4, 0.5) is 11.4 Å². The number of nitro groups is 1. The highest BCUT2D eigenvalue weighted by molar-refractivity contribution is 9.10. The monoisotopic (exact) mass is 298 g/mol. The van der Waals surface area contributed by atoms with Gasteiger partial charge < -0.3 is 4.90 Å². The third-order valence-electron chi connectivity index (χ3n) is 3.08. The van der Waals surface area contributed by atoms with Crippen LogP contribution in [0.25, 0.3) is 0 Å². The van der Waals surface area contributed by atoms with E-state index in [9.17, 15) is 10.1 Å². The Morgan fingerprint density at radius 2 is 1.82 bits per heavy atom. The minimum Gasteiger partial charge on any atom is -0.366 e. The van der Waals surface area contributed by atoms with Crippen molar-refractivity contribution in [3.63, 3.8) is 0 Å². The first-order chi connectivity index (χ1) is 8.18. The summed E-state index contributed by atoms with van der Waals surface area (Å²) in [7, 11) is 0. The van der Waals surface area contributed by atoms with Crippen molar-refractivity contribution in [1.29, 1.82) is 0 Å². The van der Waals surface area contributed by atoms with Crippen LogP contribution in [0.5, 0.6) is 0 Å². The quantitative estimate of drug-likeness (QED) is 0.617. The van der Waals surface area contributed by atoms with E-state index < -0.39 is 0 Å². The summed E-state index contributed by atoms with van der Waals surface area (Å²) in [5.41, 5.74) is 0.946. The molecule has 0 radical (unpaired) electrons. The average Bonchev–Trinajstić information content (AvgIpc) is 2.57. The van der Waals surface area contributed by atoms with Gasteiger partial charge >= 0.3 is 0 Å². The summed E-state index contributed by atoms with van der Waals surface area (Å²) in [5.74, 6) is 0. The molecule has 4 nitrogen and oxygen atoms in total. The van der Waals surface area contributed by atoms with E-state index >= 15 is 0 Å². The molecule has 0 aromatic heterocycles. The Morgan fingerprint density at radius 1 is 1.18 bits per heavy atom. The Bertz CT molecular complexity index is 415. The van der Waals surface area contributed by atoms with Gasteiger partial charge in [-0.25, -0.2) is 0 Å². The zero-order chi connectivity index (χ0) is 12.3. The second-order valence-corrected chi connectivity index (χ2v) is 5.21. The van der Waals surface area contributed by atoms with Gasteiger partial charge in [0.1, 0.15) is 5.69 Å². The van der Waals surface area contributed by atoms with Gasteiger partial charge in [-0.2, -0.15) is 0 Å². The van der Waals surface area contributed by atoms with E-state index in [0.717, 1.165) is 36.1 Å². The Labute approximate surface area is 109 Å². The number of hydrogen-bond acceptors (Lipinski definition) is 3. The molecule has 0 saturated carbocycles. The molecule has 1 aromatic rings. The molecule has 1 aliphatic rings. The van der Waals surface area contributed by atoms with Crippen LogP contribution in [-0.4, -0.2) is 18.0 Å². The maximum atomic E-state index is 11.1. The van der Waals surface area contributed by atoms with Crippen LogP contribution >= 0.6 is 15.9 Å². The number of rotatable bonds is 2. The lowest BCUT2D eigenvalue weighted by Crippen LogP contribution is -2.24. The molecule has 1 fully saturated rings. The van der Waals surface area contributed by atoms with E-state index in [0.29, 0.717) is 0 Å². The zero-order valence-electron chi connectivity index (χ0n) is 9.56. The highest BCUT2D eigenvalue weighted by atomic mass is 79.9. The highest BCUT2D eigenvalue weighted by Crippen LogP contribution is 2.32. The minimum absolute atomic E-state index is 0.196. The fourth-order valence-electron chi connectivity index (χ4n) is 2.22. The molecule has 17 heavy (non-hydrogen) atoms. The van der Waals surface area contributed by atoms with Gasteiger partial charge in [0.05, 0.1) is 4.92 Å². The number of anilines is 1. The van der Waals surface area contributed by atoms with Gasteiger partial charge in [-0.15, -0.1) is 0 Å². The van der Waals surface area contributed by atoms with Crippen LogP contribution in [0.3, 0.4) is 0 Å². The topological polar surface area (TPSA) is 46.4 Å². The Kier molecular flexibility index (Phi) is 3.99. The maximum absolute atomic E-state index is 11.1. The fraction of sp³-hybridized carbons (Fsp3) is 0.500. The molecule has 92 valence electrons. The van der Waals surface area contributed by atoms with E-state index in [1.54, 1.807) is 6.07 Å². The number of nitrogens with zero attached hydrogens (tertiary/aromatic N) is 2. The van der Waals surface area contributed by atoms with Crippen molar-refractivity contribution in [2.45, 2.75) is 25.7 Å². The van der Waals surface area contributed by atoms with E-state index in [4.69, 9.17) is 0 Å². The predicted octanol–water partition coefficient (Wildman–Crippen LogP) is 3.74. The van der Waals surface area contributed by atoms with E-state index in [2.05, 4.69) is 20.8 Å². The largest absolute Gasteiger partial charge is 0.366 e. The van der Waals surface area contributed by atoms with Gasteiger partial charge in [-0.05, 0) is 25.0 Å². The number of hydrogen-bond donors (Lipinski definition) is 0. The normalized spacial score (nSPS) is 16.6. The third-order valence-corrected chi connectivity index (χ3v) is 3.57. The molecule has 1 saturated heterocycles. The first-order valence-electron chi connectivity index (χ1n) is 5.87. The lowest BCUT2D eigenvalue weighted by molar-refractivity contribution is -0.384. The molecule has 1 aliphatic heterocycles. The zero-order valence-corrected chi connectivity index (χ0v) is 11.1. The minimum atomic E-state index is -0.301. The second-order valence-electron chi connectivity index (χ2n) is 4.29. The highest BCUT2D eigenvalue weighted by Gasteiger charge is 2.20. The second kappa shape index (κ2) is 5.49. The van der Waals surface area contributed by atoms with Crippen molar-refractivity contribution in [2.75, 3.05) is 18.0 Å². The van der Waals surface area contributed by atoms with Crippen molar-refractivity contribution in [2.24, 2.45) is 0 Å². The van der Waals surface area contributed by atoms with Gasteiger partial charge in [0.25, 0.3) is 5.69 Å². The van der Waals surface area contributed by atoms with Gasteiger partial charge in [0.15, 0.2) is 0 Å². The lowest BCUT2D eigenvalue weighted by Gasteiger charge is -2.22. The summed E-state index contributed by atoms with van der Waals surface area (Å²) in [5, 5.41) is 11.1. The molecule has 1 heterocycles. The van der Waals surface area contributed by atoms with Crippen LogP contribution in [-0.2, 0) is 0 Å². The summed E-state index contributed by atoms with van der Waals surface area (Å²) < 4.78 is 0.753. The standard InChI is InChI=1S/C12H15BrN2O2/c13-10-5-6-11(12(9-10)15(16)17)14-7-3-1-2-4-8-14/h5-6,9H,1-4,7-8H2. The number of nitro benzene ring substituents is 1. The van der Waals surface area contributed by atoms with Crippen molar-refractivity contribution in [3.05, 3.63) is 32.8 Å². The molecule has 0 N–H and O–H groups in total. The molecule has 0 atom stereocenters. The van der Waals surface area contributed by atoms with Gasteiger partial charge in [-0.1, -0.05) is 28.8 Å². The molecule has 0 bridgehead atoms. The Balaban J connectivity index is 2.32. The predicted molar refractivity (Wildman–Crippen MR) is 71.5 cm³/mol. The molecule has 0 amide bonds. The molecular formula is C12H15BrN2O2. The fourth-order valence-corrected chi connectivity index (χ4v) is 2.57. The average molecular weight is 299 g/mol. The lowest BCUT2D eigenvalue weighted by atomic mass is 10.2. The van der Waals surface area contributed by atoms with Crippen molar-refractivity contribution in [3.8, 4) is 0 Å². The van der Waals surface area contributed by atoms with E-state index in [1.165, 1.54) is 12.8 Å². The van der Waals surface area contributed by atoms with Crippen LogP contribution < -0.4 is 4.90 Å². The first kappa shape index (κ1) is 12.4. The van der Waals surface area contributed by atoms with E-state index in [-0.39, 0.29) is 10.6 Å². The van der Waals surface area contributed by atoms with Crippen LogP contribution in [0.2, 0.25) is 0 Å². The summed E-state index contributed by atoms with van der Waals surface area (Å²) in [6, 6.07) is 5.29. The molecule has 0 spiro atoms. The molecule has 0 unspecified atom stereocenters. The number of benzene rings is 1. The van der Waals surface area contributed by atoms with Crippen LogP contribution in [0, 0.1) is 10.1 Å². The summed E-state index contributed by atoms with van der Waals surface area (Å²) in [6.45, 7) is 1.84. The molecular weight excluding hydrogens is 284 g/mol. The molecule has 0 aliphatic carbocycles. The first-order valence-corrected chi connectivity index (χ1v) is 6.66. The van der Waals surface area contributed by atoms with Crippen LogP contribution in [0.1, 0.15) is 25.7 Å². The van der Waals surface area contributed by atoms with Crippen molar-refractivity contribution >= 4 is 27.3 Å².